The zero-order valence-electron chi connectivity index (χ0n) is 10.9. The highest BCUT2D eigenvalue weighted by Crippen LogP contribution is 2.38. The summed E-state index contributed by atoms with van der Waals surface area (Å²) in [7, 11) is 1.28. The number of esters is 1. The average molecular weight is 264 g/mol. The van der Waals surface area contributed by atoms with Gasteiger partial charge in [0.2, 0.25) is 0 Å². The summed E-state index contributed by atoms with van der Waals surface area (Å²) in [6.45, 7) is 2.83. The van der Waals surface area contributed by atoms with Crippen molar-refractivity contribution in [1.29, 1.82) is 0 Å². The molecule has 2 atom stereocenters. The minimum atomic E-state index is -0.502. The van der Waals surface area contributed by atoms with Crippen molar-refractivity contribution in [2.24, 2.45) is 11.8 Å². The summed E-state index contributed by atoms with van der Waals surface area (Å²) in [6.07, 6.45) is 1.14. The van der Waals surface area contributed by atoms with Gasteiger partial charge in [-0.05, 0) is 30.4 Å². The predicted molar refractivity (Wildman–Crippen MR) is 70.2 cm³/mol. The van der Waals surface area contributed by atoms with E-state index in [1.165, 1.54) is 25.3 Å². The number of anilines is 1. The molecule has 0 aliphatic heterocycles. The van der Waals surface area contributed by atoms with Crippen LogP contribution in [0.25, 0.3) is 0 Å². The lowest BCUT2D eigenvalue weighted by atomic mass is 10.1. The lowest BCUT2D eigenvalue weighted by molar-refractivity contribution is -0.384. The summed E-state index contributed by atoms with van der Waals surface area (Å²) in [4.78, 5) is 21.9. The first-order chi connectivity index (χ1) is 9.02. The van der Waals surface area contributed by atoms with Gasteiger partial charge in [-0.15, -0.1) is 0 Å². The second-order valence-electron chi connectivity index (χ2n) is 4.83. The maximum atomic E-state index is 11.4. The highest BCUT2D eigenvalue weighted by molar-refractivity contribution is 5.91. The van der Waals surface area contributed by atoms with Crippen LogP contribution in [0.15, 0.2) is 18.2 Å². The lowest BCUT2D eigenvalue weighted by Crippen LogP contribution is -2.09. The van der Waals surface area contributed by atoms with Crippen LogP contribution < -0.4 is 5.32 Å². The molecule has 102 valence electrons. The number of hydrogen-bond donors (Lipinski definition) is 1. The fraction of sp³-hybridized carbons (Fsp3) is 0.462. The molecule has 1 aliphatic rings. The highest BCUT2D eigenvalue weighted by Gasteiger charge is 2.32. The normalized spacial score (nSPS) is 20.7. The number of nitrogens with one attached hydrogen (secondary N) is 1. The van der Waals surface area contributed by atoms with Crippen LogP contribution in [0.3, 0.4) is 0 Å². The molecule has 0 aromatic heterocycles. The summed E-state index contributed by atoms with van der Waals surface area (Å²) in [5, 5.41) is 14.0. The molecule has 2 unspecified atom stereocenters. The van der Waals surface area contributed by atoms with Crippen molar-refractivity contribution in [3.63, 3.8) is 0 Å². The Morgan fingerprint density at radius 2 is 2.26 bits per heavy atom. The smallest absolute Gasteiger partial charge is 0.337 e. The minimum Gasteiger partial charge on any atom is -0.465 e. The zero-order valence-corrected chi connectivity index (χ0v) is 10.9. The van der Waals surface area contributed by atoms with Gasteiger partial charge in [0, 0.05) is 12.6 Å². The van der Waals surface area contributed by atoms with E-state index in [2.05, 4.69) is 17.0 Å². The summed E-state index contributed by atoms with van der Waals surface area (Å²) in [5.41, 5.74) is 0.646. The molecule has 0 amide bonds. The van der Waals surface area contributed by atoms with Gasteiger partial charge in [-0.25, -0.2) is 4.79 Å². The van der Waals surface area contributed by atoms with Crippen molar-refractivity contribution < 1.29 is 14.5 Å². The molecule has 1 aromatic carbocycles. The van der Waals surface area contributed by atoms with Crippen LogP contribution in [-0.4, -0.2) is 24.5 Å². The zero-order chi connectivity index (χ0) is 14.0. The van der Waals surface area contributed by atoms with E-state index in [-0.39, 0.29) is 5.69 Å². The van der Waals surface area contributed by atoms with E-state index in [0.29, 0.717) is 29.6 Å². The largest absolute Gasteiger partial charge is 0.465 e. The van der Waals surface area contributed by atoms with Gasteiger partial charge in [0.25, 0.3) is 5.69 Å². The first kappa shape index (κ1) is 13.3. The van der Waals surface area contributed by atoms with Crippen molar-refractivity contribution in [1.82, 2.24) is 0 Å². The monoisotopic (exact) mass is 264 g/mol. The van der Waals surface area contributed by atoms with E-state index in [4.69, 9.17) is 0 Å². The summed E-state index contributed by atoms with van der Waals surface area (Å²) in [5.74, 6) is 0.717. The molecule has 2 rings (SSSR count). The second-order valence-corrected chi connectivity index (χ2v) is 4.83. The van der Waals surface area contributed by atoms with E-state index in [1.807, 2.05) is 0 Å². The molecule has 6 heteroatoms. The topological polar surface area (TPSA) is 81.5 Å². The maximum absolute atomic E-state index is 11.4. The number of ether oxygens (including phenoxy) is 1. The Morgan fingerprint density at radius 3 is 2.79 bits per heavy atom. The third kappa shape index (κ3) is 3.01. The molecule has 1 aliphatic carbocycles. The van der Waals surface area contributed by atoms with Crippen molar-refractivity contribution in [3.8, 4) is 0 Å². The first-order valence-corrected chi connectivity index (χ1v) is 6.13. The fourth-order valence-corrected chi connectivity index (χ4v) is 2.01. The van der Waals surface area contributed by atoms with Crippen molar-refractivity contribution in [2.75, 3.05) is 19.0 Å². The Hall–Kier alpha value is -2.11. The Bertz CT molecular complexity index is 515. The standard InChI is InChI=1S/C13H16N2O4/c1-8-5-10(8)7-14-11-6-9(13(16)19-2)3-4-12(11)15(17)18/h3-4,6,8,10,14H,5,7H2,1-2H3. The van der Waals surface area contributed by atoms with E-state index in [0.717, 1.165) is 6.42 Å². The fourth-order valence-electron chi connectivity index (χ4n) is 2.01. The molecule has 6 nitrogen and oxygen atoms in total. The average Bonchev–Trinajstić information content (AvgIpc) is 3.10. The van der Waals surface area contributed by atoms with Gasteiger partial charge in [-0.1, -0.05) is 6.92 Å². The molecule has 0 radical (unpaired) electrons. The van der Waals surface area contributed by atoms with Gasteiger partial charge < -0.3 is 10.1 Å². The quantitative estimate of drug-likeness (QED) is 0.502. The Balaban J connectivity index is 2.20. The molecule has 0 spiro atoms. The SMILES string of the molecule is COC(=O)c1ccc([N+](=O)[O-])c(NCC2CC2C)c1. The van der Waals surface area contributed by atoms with Gasteiger partial charge >= 0.3 is 5.97 Å². The number of nitrogens with zero attached hydrogens (tertiary/aromatic N) is 1. The van der Waals surface area contributed by atoms with Gasteiger partial charge in [0.15, 0.2) is 0 Å². The predicted octanol–water partition coefficient (Wildman–Crippen LogP) is 2.45. The molecular weight excluding hydrogens is 248 g/mol. The van der Waals surface area contributed by atoms with E-state index in [9.17, 15) is 14.9 Å². The number of nitro benzene ring substituents is 1. The molecule has 1 saturated carbocycles. The van der Waals surface area contributed by atoms with E-state index in [1.54, 1.807) is 0 Å². The van der Waals surface area contributed by atoms with Gasteiger partial charge in [-0.3, -0.25) is 10.1 Å². The first-order valence-electron chi connectivity index (χ1n) is 6.13. The van der Waals surface area contributed by atoms with Crippen LogP contribution in [0.4, 0.5) is 11.4 Å². The molecule has 1 N–H and O–H groups in total. The third-order valence-electron chi connectivity index (χ3n) is 3.45. The second kappa shape index (κ2) is 5.26. The van der Waals surface area contributed by atoms with Crippen molar-refractivity contribution in [3.05, 3.63) is 33.9 Å². The van der Waals surface area contributed by atoms with Crippen LogP contribution in [0.2, 0.25) is 0 Å². The summed E-state index contributed by atoms with van der Waals surface area (Å²) < 4.78 is 4.61. The molecule has 1 aromatic rings. The Morgan fingerprint density at radius 1 is 1.58 bits per heavy atom. The van der Waals surface area contributed by atoms with Gasteiger partial charge in [-0.2, -0.15) is 0 Å². The molecular formula is C13H16N2O4. The van der Waals surface area contributed by atoms with Crippen molar-refractivity contribution >= 4 is 17.3 Å². The number of hydrogen-bond acceptors (Lipinski definition) is 5. The van der Waals surface area contributed by atoms with Gasteiger partial charge in [0.05, 0.1) is 17.6 Å². The number of carbonyl (C=O) groups is 1. The maximum Gasteiger partial charge on any atom is 0.337 e. The van der Waals surface area contributed by atoms with Crippen LogP contribution >= 0.6 is 0 Å². The number of methoxy groups -OCH3 is 1. The molecule has 0 saturated heterocycles. The van der Waals surface area contributed by atoms with Crippen LogP contribution in [-0.2, 0) is 4.74 Å². The Labute approximate surface area is 110 Å². The number of benzene rings is 1. The van der Waals surface area contributed by atoms with Crippen LogP contribution in [0, 0.1) is 22.0 Å². The molecule has 0 heterocycles. The molecule has 1 fully saturated rings. The Kier molecular flexibility index (Phi) is 3.69. The number of nitro groups is 1. The van der Waals surface area contributed by atoms with E-state index < -0.39 is 10.9 Å². The lowest BCUT2D eigenvalue weighted by Gasteiger charge is -2.08. The minimum absolute atomic E-state index is 0.0269. The third-order valence-corrected chi connectivity index (χ3v) is 3.45. The van der Waals surface area contributed by atoms with Crippen molar-refractivity contribution in [2.45, 2.75) is 13.3 Å². The summed E-state index contributed by atoms with van der Waals surface area (Å²) >= 11 is 0. The highest BCUT2D eigenvalue weighted by atomic mass is 16.6. The van der Waals surface area contributed by atoms with Crippen LogP contribution in [0.1, 0.15) is 23.7 Å². The van der Waals surface area contributed by atoms with Crippen LogP contribution in [0.5, 0.6) is 0 Å². The van der Waals surface area contributed by atoms with Gasteiger partial charge in [0.1, 0.15) is 5.69 Å². The van der Waals surface area contributed by atoms with E-state index >= 15 is 0 Å². The number of carbonyl (C=O) groups excluding carboxylic acids is 1. The molecule has 0 bridgehead atoms. The summed E-state index contributed by atoms with van der Waals surface area (Å²) in [6, 6.07) is 4.19. The molecule has 19 heavy (non-hydrogen) atoms. The number of rotatable bonds is 5.